The summed E-state index contributed by atoms with van der Waals surface area (Å²) in [7, 11) is 4.67. The third-order valence-corrected chi connectivity index (χ3v) is 4.63. The Bertz CT molecular complexity index is 878. The van der Waals surface area contributed by atoms with E-state index >= 15 is 0 Å². The maximum absolute atomic E-state index is 12.5. The second-order valence-electron chi connectivity index (χ2n) is 5.47. The molecule has 1 aliphatic rings. The Hall–Kier alpha value is -2.73. The standard InChI is InChI=1S/C18H16N2O3S/c1-19-16(21)14(17(22)20(2)18(19)24)10-13-12-7-5-4-6-11(12)8-9-15(13)23-3/h4-10H,1-3H3. The number of hydrogen-bond acceptors (Lipinski definition) is 4. The molecule has 0 bridgehead atoms. The van der Waals surface area contributed by atoms with Gasteiger partial charge in [-0.3, -0.25) is 19.4 Å². The molecule has 0 unspecified atom stereocenters. The van der Waals surface area contributed by atoms with Crippen LogP contribution in [0.1, 0.15) is 5.56 Å². The topological polar surface area (TPSA) is 49.9 Å². The van der Waals surface area contributed by atoms with Crippen LogP contribution in [0.15, 0.2) is 42.0 Å². The summed E-state index contributed by atoms with van der Waals surface area (Å²) >= 11 is 5.11. The first kappa shape index (κ1) is 16.1. The van der Waals surface area contributed by atoms with Crippen molar-refractivity contribution >= 4 is 46.0 Å². The Morgan fingerprint density at radius 2 is 1.62 bits per heavy atom. The summed E-state index contributed by atoms with van der Waals surface area (Å²) in [5.41, 5.74) is 0.755. The number of thiocarbonyl (C=S) groups is 1. The molecule has 0 aromatic heterocycles. The Morgan fingerprint density at radius 1 is 1.00 bits per heavy atom. The van der Waals surface area contributed by atoms with Gasteiger partial charge in [0.25, 0.3) is 11.8 Å². The number of carbonyl (C=O) groups is 2. The SMILES string of the molecule is COc1ccc2ccccc2c1C=C1C(=O)N(C)C(=S)N(C)C1=O. The molecule has 3 rings (SSSR count). The lowest BCUT2D eigenvalue weighted by molar-refractivity contribution is -0.132. The second kappa shape index (κ2) is 6.05. The number of likely N-dealkylation sites (N-methyl/N-ethyl adjacent to an activating group) is 2. The molecule has 1 aliphatic heterocycles. The van der Waals surface area contributed by atoms with Crippen LogP contribution in [0.4, 0.5) is 0 Å². The number of fused-ring (bicyclic) bond motifs is 1. The fraction of sp³-hybridized carbons (Fsp3) is 0.167. The van der Waals surface area contributed by atoms with E-state index in [0.717, 1.165) is 10.8 Å². The number of hydrogen-bond donors (Lipinski definition) is 0. The van der Waals surface area contributed by atoms with Gasteiger partial charge in [0, 0.05) is 19.7 Å². The molecule has 1 heterocycles. The Balaban J connectivity index is 2.24. The third kappa shape index (κ3) is 2.45. The van der Waals surface area contributed by atoms with Gasteiger partial charge in [-0.15, -0.1) is 0 Å². The van der Waals surface area contributed by atoms with Crippen molar-refractivity contribution < 1.29 is 14.3 Å². The van der Waals surface area contributed by atoms with Gasteiger partial charge in [-0.05, 0) is 35.1 Å². The fourth-order valence-corrected chi connectivity index (χ4v) is 2.89. The molecule has 0 aliphatic carbocycles. The van der Waals surface area contributed by atoms with Gasteiger partial charge in [-0.25, -0.2) is 0 Å². The molecule has 2 amide bonds. The average Bonchev–Trinajstić information content (AvgIpc) is 2.61. The largest absolute Gasteiger partial charge is 0.496 e. The van der Waals surface area contributed by atoms with E-state index in [2.05, 4.69) is 0 Å². The lowest BCUT2D eigenvalue weighted by Gasteiger charge is -2.31. The Kier molecular flexibility index (Phi) is 4.07. The molecule has 1 fully saturated rings. The van der Waals surface area contributed by atoms with Crippen LogP contribution in [0.5, 0.6) is 5.75 Å². The summed E-state index contributed by atoms with van der Waals surface area (Å²) in [5.74, 6) is -0.239. The number of carbonyl (C=O) groups excluding carboxylic acids is 2. The van der Waals surface area contributed by atoms with Gasteiger partial charge in [-0.2, -0.15) is 0 Å². The summed E-state index contributed by atoms with van der Waals surface area (Å²) in [6.45, 7) is 0. The highest BCUT2D eigenvalue weighted by Gasteiger charge is 2.35. The van der Waals surface area contributed by atoms with Crippen LogP contribution in [-0.4, -0.2) is 47.9 Å². The van der Waals surface area contributed by atoms with E-state index in [-0.39, 0.29) is 10.7 Å². The van der Waals surface area contributed by atoms with Gasteiger partial charge in [-0.1, -0.05) is 30.3 Å². The van der Waals surface area contributed by atoms with E-state index in [4.69, 9.17) is 17.0 Å². The molecule has 6 heteroatoms. The van der Waals surface area contributed by atoms with Crippen LogP contribution in [0, 0.1) is 0 Å². The normalized spacial score (nSPS) is 15.3. The molecular weight excluding hydrogens is 324 g/mol. The summed E-state index contributed by atoms with van der Waals surface area (Å²) < 4.78 is 5.42. The van der Waals surface area contributed by atoms with Crippen molar-refractivity contribution in [1.82, 2.24) is 9.80 Å². The molecule has 0 atom stereocenters. The fourth-order valence-electron chi connectivity index (χ4n) is 2.72. The van der Waals surface area contributed by atoms with Gasteiger partial charge < -0.3 is 4.74 Å². The molecule has 1 saturated heterocycles. The van der Waals surface area contributed by atoms with E-state index < -0.39 is 11.8 Å². The minimum atomic E-state index is -0.418. The monoisotopic (exact) mass is 340 g/mol. The van der Waals surface area contributed by atoms with Gasteiger partial charge >= 0.3 is 0 Å². The van der Waals surface area contributed by atoms with Crippen LogP contribution < -0.4 is 4.74 Å². The molecule has 2 aromatic carbocycles. The molecule has 2 aromatic rings. The van der Waals surface area contributed by atoms with Crippen molar-refractivity contribution in [2.75, 3.05) is 21.2 Å². The lowest BCUT2D eigenvalue weighted by Crippen LogP contribution is -2.52. The maximum atomic E-state index is 12.5. The quantitative estimate of drug-likeness (QED) is 0.479. The number of nitrogens with zero attached hydrogens (tertiary/aromatic N) is 2. The predicted octanol–water partition coefficient (Wildman–Crippen LogP) is 2.45. The first-order valence-corrected chi connectivity index (χ1v) is 7.74. The predicted molar refractivity (Wildman–Crippen MR) is 96.6 cm³/mol. The first-order valence-electron chi connectivity index (χ1n) is 7.33. The highest BCUT2D eigenvalue weighted by atomic mass is 32.1. The van der Waals surface area contributed by atoms with Crippen molar-refractivity contribution in [3.63, 3.8) is 0 Å². The number of ether oxygens (including phenoxy) is 1. The molecule has 0 radical (unpaired) electrons. The molecule has 5 nitrogen and oxygen atoms in total. The van der Waals surface area contributed by atoms with Crippen molar-refractivity contribution in [1.29, 1.82) is 0 Å². The van der Waals surface area contributed by atoms with Crippen molar-refractivity contribution in [3.8, 4) is 5.75 Å². The van der Waals surface area contributed by atoms with E-state index in [1.807, 2.05) is 36.4 Å². The number of amides is 2. The van der Waals surface area contributed by atoms with E-state index in [9.17, 15) is 9.59 Å². The van der Waals surface area contributed by atoms with Crippen LogP contribution in [0.25, 0.3) is 16.8 Å². The number of benzene rings is 2. The first-order chi connectivity index (χ1) is 11.5. The van der Waals surface area contributed by atoms with Gasteiger partial charge in [0.15, 0.2) is 5.11 Å². The van der Waals surface area contributed by atoms with E-state index in [0.29, 0.717) is 11.3 Å². The lowest BCUT2D eigenvalue weighted by atomic mass is 9.99. The Morgan fingerprint density at radius 3 is 2.25 bits per heavy atom. The summed E-state index contributed by atoms with van der Waals surface area (Å²) in [4.78, 5) is 27.6. The van der Waals surface area contributed by atoms with Crippen molar-refractivity contribution in [2.45, 2.75) is 0 Å². The second-order valence-corrected chi connectivity index (χ2v) is 5.84. The highest BCUT2D eigenvalue weighted by Crippen LogP contribution is 2.31. The summed E-state index contributed by atoms with van der Waals surface area (Å²) in [5, 5.41) is 2.09. The molecule has 24 heavy (non-hydrogen) atoms. The van der Waals surface area contributed by atoms with Crippen LogP contribution in [0.3, 0.4) is 0 Å². The molecule has 0 N–H and O–H groups in total. The van der Waals surface area contributed by atoms with Gasteiger partial charge in [0.2, 0.25) is 0 Å². The highest BCUT2D eigenvalue weighted by molar-refractivity contribution is 7.80. The van der Waals surface area contributed by atoms with E-state index in [1.54, 1.807) is 27.3 Å². The molecule has 122 valence electrons. The van der Waals surface area contributed by atoms with Crippen molar-refractivity contribution in [2.24, 2.45) is 0 Å². The Labute approximate surface area is 145 Å². The van der Waals surface area contributed by atoms with E-state index in [1.165, 1.54) is 9.80 Å². The smallest absolute Gasteiger partial charge is 0.265 e. The molecular formula is C18H16N2O3S. The summed E-state index contributed by atoms with van der Waals surface area (Å²) in [6.07, 6.45) is 1.58. The minimum Gasteiger partial charge on any atom is -0.496 e. The van der Waals surface area contributed by atoms with Crippen LogP contribution in [-0.2, 0) is 9.59 Å². The zero-order valence-corrected chi connectivity index (χ0v) is 14.4. The maximum Gasteiger partial charge on any atom is 0.265 e. The molecule has 0 saturated carbocycles. The minimum absolute atomic E-state index is 0.0586. The van der Waals surface area contributed by atoms with Crippen molar-refractivity contribution in [3.05, 3.63) is 47.5 Å². The van der Waals surface area contributed by atoms with Gasteiger partial charge in [0.1, 0.15) is 11.3 Å². The zero-order valence-electron chi connectivity index (χ0n) is 13.6. The van der Waals surface area contributed by atoms with Crippen LogP contribution in [0.2, 0.25) is 0 Å². The van der Waals surface area contributed by atoms with Gasteiger partial charge in [0.05, 0.1) is 7.11 Å². The molecule has 0 spiro atoms. The summed E-state index contributed by atoms with van der Waals surface area (Å²) in [6, 6.07) is 11.5. The average molecular weight is 340 g/mol. The van der Waals surface area contributed by atoms with Crippen LogP contribution >= 0.6 is 12.2 Å². The zero-order chi connectivity index (χ0) is 17.4. The number of rotatable bonds is 2. The number of methoxy groups -OCH3 is 1. The third-order valence-electron chi connectivity index (χ3n) is 4.08.